The molecular formula is C15H15Cl2N3O. The Bertz CT molecular complexity index is 708. The molecule has 1 aliphatic carbocycles. The van der Waals surface area contributed by atoms with Crippen LogP contribution in [0.25, 0.3) is 11.3 Å². The maximum atomic E-state index is 11.8. The smallest absolute Gasteiger partial charge is 0.252 e. The van der Waals surface area contributed by atoms with Crippen molar-refractivity contribution in [1.29, 1.82) is 0 Å². The normalized spacial score (nSPS) is 15.3. The summed E-state index contributed by atoms with van der Waals surface area (Å²) in [5, 5.41) is 4.22. The first-order chi connectivity index (χ1) is 10.1. The van der Waals surface area contributed by atoms with Crippen molar-refractivity contribution in [2.24, 2.45) is 0 Å². The summed E-state index contributed by atoms with van der Waals surface area (Å²) in [5.41, 5.74) is 1.16. The van der Waals surface area contributed by atoms with Crippen LogP contribution in [0.3, 0.4) is 0 Å². The van der Waals surface area contributed by atoms with E-state index in [1.165, 1.54) is 18.9 Å². The summed E-state index contributed by atoms with van der Waals surface area (Å²) < 4.78 is 0. The third kappa shape index (κ3) is 3.39. The summed E-state index contributed by atoms with van der Waals surface area (Å²) in [6.07, 6.45) is 4.66. The number of hydrogen-bond donors (Lipinski definition) is 2. The predicted molar refractivity (Wildman–Crippen MR) is 86.2 cm³/mol. The first-order valence-corrected chi connectivity index (χ1v) is 7.71. The first kappa shape index (κ1) is 14.4. The summed E-state index contributed by atoms with van der Waals surface area (Å²) in [4.78, 5) is 19.0. The molecule has 1 aromatic carbocycles. The van der Waals surface area contributed by atoms with Gasteiger partial charge in [0.2, 0.25) is 5.95 Å². The lowest BCUT2D eigenvalue weighted by Gasteiger charge is -2.13. The lowest BCUT2D eigenvalue weighted by molar-refractivity contribution is 0.743. The van der Waals surface area contributed by atoms with Crippen LogP contribution in [-0.4, -0.2) is 16.0 Å². The van der Waals surface area contributed by atoms with Gasteiger partial charge in [-0.15, -0.1) is 0 Å². The molecule has 0 spiro atoms. The largest absolute Gasteiger partial charge is 0.353 e. The molecule has 2 N–H and O–H groups in total. The van der Waals surface area contributed by atoms with Crippen LogP contribution in [0, 0.1) is 0 Å². The SMILES string of the molecule is O=c1cc(-c2ccc(Cl)c(Cl)c2)nc(NC2CCCC2)[nH]1. The van der Waals surface area contributed by atoms with E-state index < -0.39 is 0 Å². The van der Waals surface area contributed by atoms with E-state index in [4.69, 9.17) is 23.2 Å². The molecule has 3 rings (SSSR count). The number of aromatic nitrogens is 2. The summed E-state index contributed by atoms with van der Waals surface area (Å²) in [7, 11) is 0. The highest BCUT2D eigenvalue weighted by molar-refractivity contribution is 6.42. The Kier molecular flexibility index (Phi) is 4.17. The van der Waals surface area contributed by atoms with E-state index in [1.807, 2.05) is 0 Å². The first-order valence-electron chi connectivity index (χ1n) is 6.95. The fourth-order valence-electron chi connectivity index (χ4n) is 2.59. The fourth-order valence-corrected chi connectivity index (χ4v) is 2.89. The third-order valence-electron chi connectivity index (χ3n) is 3.65. The minimum absolute atomic E-state index is 0.188. The number of nitrogens with one attached hydrogen (secondary N) is 2. The van der Waals surface area contributed by atoms with Gasteiger partial charge in [-0.05, 0) is 25.0 Å². The van der Waals surface area contributed by atoms with Gasteiger partial charge in [0.05, 0.1) is 15.7 Å². The lowest BCUT2D eigenvalue weighted by atomic mass is 10.1. The second kappa shape index (κ2) is 6.08. The highest BCUT2D eigenvalue weighted by Gasteiger charge is 2.16. The molecule has 1 aliphatic rings. The van der Waals surface area contributed by atoms with Gasteiger partial charge < -0.3 is 5.32 Å². The Morgan fingerprint density at radius 3 is 2.62 bits per heavy atom. The zero-order valence-electron chi connectivity index (χ0n) is 11.3. The number of halogens is 2. The second-order valence-electron chi connectivity index (χ2n) is 5.23. The predicted octanol–water partition coefficient (Wildman–Crippen LogP) is 4.10. The van der Waals surface area contributed by atoms with Gasteiger partial charge in [0.15, 0.2) is 0 Å². The number of anilines is 1. The Balaban J connectivity index is 1.92. The van der Waals surface area contributed by atoms with Crippen molar-refractivity contribution in [3.05, 3.63) is 44.7 Å². The van der Waals surface area contributed by atoms with Crippen LogP contribution in [0.2, 0.25) is 10.0 Å². The number of H-pyrrole nitrogens is 1. The van der Waals surface area contributed by atoms with Crippen LogP contribution in [0.5, 0.6) is 0 Å². The number of aromatic amines is 1. The van der Waals surface area contributed by atoms with E-state index in [0.717, 1.165) is 18.4 Å². The molecule has 4 nitrogen and oxygen atoms in total. The van der Waals surface area contributed by atoms with Crippen LogP contribution in [-0.2, 0) is 0 Å². The quantitative estimate of drug-likeness (QED) is 0.894. The summed E-state index contributed by atoms with van der Waals surface area (Å²) in [6.45, 7) is 0. The number of hydrogen-bond acceptors (Lipinski definition) is 3. The molecule has 0 saturated heterocycles. The maximum Gasteiger partial charge on any atom is 0.252 e. The zero-order chi connectivity index (χ0) is 14.8. The second-order valence-corrected chi connectivity index (χ2v) is 6.05. The van der Waals surface area contributed by atoms with Crippen LogP contribution >= 0.6 is 23.2 Å². The van der Waals surface area contributed by atoms with Crippen molar-refractivity contribution < 1.29 is 0 Å². The van der Waals surface area contributed by atoms with Crippen LogP contribution in [0.1, 0.15) is 25.7 Å². The van der Waals surface area contributed by atoms with Gasteiger partial charge in [-0.3, -0.25) is 9.78 Å². The van der Waals surface area contributed by atoms with Gasteiger partial charge in [-0.2, -0.15) is 0 Å². The van der Waals surface area contributed by atoms with Gasteiger partial charge >= 0.3 is 0 Å². The lowest BCUT2D eigenvalue weighted by Crippen LogP contribution is -2.20. The standard InChI is InChI=1S/C15H15Cl2N3O/c16-11-6-5-9(7-12(11)17)13-8-14(21)20-15(19-13)18-10-3-1-2-4-10/h5-8,10H,1-4H2,(H2,18,19,20,21). The molecule has 110 valence electrons. The van der Waals surface area contributed by atoms with Crippen LogP contribution in [0.4, 0.5) is 5.95 Å². The molecule has 0 unspecified atom stereocenters. The molecule has 1 aromatic heterocycles. The monoisotopic (exact) mass is 323 g/mol. The number of benzene rings is 1. The van der Waals surface area contributed by atoms with E-state index in [2.05, 4.69) is 15.3 Å². The molecule has 0 aliphatic heterocycles. The maximum absolute atomic E-state index is 11.8. The fraction of sp³-hybridized carbons (Fsp3) is 0.333. The number of nitrogens with zero attached hydrogens (tertiary/aromatic N) is 1. The third-order valence-corrected chi connectivity index (χ3v) is 4.39. The minimum atomic E-state index is -0.188. The highest BCUT2D eigenvalue weighted by Crippen LogP contribution is 2.27. The number of rotatable bonds is 3. The van der Waals surface area contributed by atoms with Gasteiger partial charge in [0, 0.05) is 17.7 Å². The highest BCUT2D eigenvalue weighted by atomic mass is 35.5. The van der Waals surface area contributed by atoms with Crippen molar-refractivity contribution >= 4 is 29.2 Å². The van der Waals surface area contributed by atoms with E-state index in [0.29, 0.717) is 27.7 Å². The molecule has 1 heterocycles. The molecule has 2 aromatic rings. The zero-order valence-corrected chi connectivity index (χ0v) is 12.8. The molecule has 6 heteroatoms. The van der Waals surface area contributed by atoms with Gasteiger partial charge in [-0.25, -0.2) is 4.98 Å². The van der Waals surface area contributed by atoms with E-state index in [9.17, 15) is 4.79 Å². The molecule has 0 amide bonds. The topological polar surface area (TPSA) is 57.8 Å². The van der Waals surface area contributed by atoms with Crippen molar-refractivity contribution in [3.63, 3.8) is 0 Å². The van der Waals surface area contributed by atoms with E-state index in [1.54, 1.807) is 18.2 Å². The molecule has 0 radical (unpaired) electrons. The van der Waals surface area contributed by atoms with Crippen molar-refractivity contribution in [2.45, 2.75) is 31.7 Å². The molecule has 1 saturated carbocycles. The summed E-state index contributed by atoms with van der Waals surface area (Å²) >= 11 is 11.9. The molecule has 0 atom stereocenters. The Morgan fingerprint density at radius 1 is 1.14 bits per heavy atom. The van der Waals surface area contributed by atoms with Crippen LogP contribution < -0.4 is 10.9 Å². The Hall–Kier alpha value is -1.52. The average Bonchev–Trinajstić information content (AvgIpc) is 2.94. The minimum Gasteiger partial charge on any atom is -0.353 e. The van der Waals surface area contributed by atoms with Gasteiger partial charge in [0.25, 0.3) is 5.56 Å². The van der Waals surface area contributed by atoms with Crippen LogP contribution in [0.15, 0.2) is 29.1 Å². The van der Waals surface area contributed by atoms with E-state index >= 15 is 0 Å². The average molecular weight is 324 g/mol. The molecule has 1 fully saturated rings. The molecular weight excluding hydrogens is 309 g/mol. The Labute approximate surface area is 132 Å². The van der Waals surface area contributed by atoms with Crippen molar-refractivity contribution in [1.82, 2.24) is 9.97 Å². The van der Waals surface area contributed by atoms with Gasteiger partial charge in [-0.1, -0.05) is 42.1 Å². The molecule has 0 bridgehead atoms. The molecule has 21 heavy (non-hydrogen) atoms. The van der Waals surface area contributed by atoms with E-state index in [-0.39, 0.29) is 5.56 Å². The Morgan fingerprint density at radius 2 is 1.90 bits per heavy atom. The van der Waals surface area contributed by atoms with Crippen molar-refractivity contribution in [3.8, 4) is 11.3 Å². The summed E-state index contributed by atoms with van der Waals surface area (Å²) in [6, 6.07) is 7.06. The van der Waals surface area contributed by atoms with Gasteiger partial charge in [0.1, 0.15) is 0 Å². The van der Waals surface area contributed by atoms with Crippen molar-refractivity contribution in [2.75, 3.05) is 5.32 Å². The summed E-state index contributed by atoms with van der Waals surface area (Å²) in [5.74, 6) is 0.510.